The van der Waals surface area contributed by atoms with Gasteiger partial charge in [0, 0.05) is 12.5 Å². The minimum absolute atomic E-state index is 0.717. The van der Waals surface area contributed by atoms with Gasteiger partial charge in [-0.2, -0.15) is 0 Å². The summed E-state index contributed by atoms with van der Waals surface area (Å²) in [6.07, 6.45) is 6.20. The first kappa shape index (κ1) is 13.6. The van der Waals surface area contributed by atoms with Crippen LogP contribution in [0, 0.1) is 6.92 Å². The molecular formula is C17H21NO. The van der Waals surface area contributed by atoms with Crippen LogP contribution in [0.3, 0.4) is 0 Å². The van der Waals surface area contributed by atoms with E-state index >= 15 is 0 Å². The number of hydrogen-bond donors (Lipinski definition) is 0. The van der Waals surface area contributed by atoms with E-state index < -0.39 is 0 Å². The SMILES string of the molecule is C/C=C1/CCC(OCC)=CC1=Nc1ccc(C)cc1. The minimum Gasteiger partial charge on any atom is -0.498 e. The monoisotopic (exact) mass is 255 g/mol. The smallest absolute Gasteiger partial charge is 0.0984 e. The van der Waals surface area contributed by atoms with Crippen LogP contribution in [0.15, 0.2) is 52.7 Å². The predicted molar refractivity (Wildman–Crippen MR) is 81.0 cm³/mol. The minimum atomic E-state index is 0.717. The maximum absolute atomic E-state index is 5.62. The molecule has 0 fully saturated rings. The second kappa shape index (κ2) is 6.37. The summed E-state index contributed by atoms with van der Waals surface area (Å²) in [6.45, 7) is 6.89. The molecule has 0 bridgehead atoms. The standard InChI is InChI=1S/C17H21NO/c1-4-14-8-11-16(19-5-2)12-17(14)18-15-9-6-13(3)7-10-15/h4,6-7,9-10,12H,5,8,11H2,1-3H3/b14-4-,18-17?. The maximum atomic E-state index is 5.62. The van der Waals surface area contributed by atoms with E-state index in [1.807, 2.05) is 6.92 Å². The zero-order valence-electron chi connectivity index (χ0n) is 11.9. The van der Waals surface area contributed by atoms with Crippen molar-refractivity contribution in [1.82, 2.24) is 0 Å². The molecule has 1 aromatic carbocycles. The molecule has 2 rings (SSSR count). The molecule has 1 aliphatic rings. The molecule has 0 unspecified atom stereocenters. The zero-order chi connectivity index (χ0) is 13.7. The Kier molecular flexibility index (Phi) is 4.56. The fraction of sp³-hybridized carbons (Fsp3) is 0.353. The van der Waals surface area contributed by atoms with Gasteiger partial charge in [-0.1, -0.05) is 23.8 Å². The Labute approximate surface area is 115 Å². The van der Waals surface area contributed by atoms with Gasteiger partial charge in [-0.25, -0.2) is 4.99 Å². The van der Waals surface area contributed by atoms with Crippen LogP contribution in [-0.2, 0) is 4.74 Å². The van der Waals surface area contributed by atoms with Crippen molar-refractivity contribution in [1.29, 1.82) is 0 Å². The van der Waals surface area contributed by atoms with Crippen LogP contribution in [-0.4, -0.2) is 12.3 Å². The highest BCUT2D eigenvalue weighted by Crippen LogP contribution is 2.24. The van der Waals surface area contributed by atoms with Gasteiger partial charge in [-0.05, 0) is 44.9 Å². The van der Waals surface area contributed by atoms with Crippen molar-refractivity contribution in [2.75, 3.05) is 6.61 Å². The van der Waals surface area contributed by atoms with Crippen LogP contribution in [0.4, 0.5) is 5.69 Å². The van der Waals surface area contributed by atoms with Gasteiger partial charge < -0.3 is 4.74 Å². The Balaban J connectivity index is 2.32. The normalized spacial score (nSPS) is 19.6. The topological polar surface area (TPSA) is 21.6 Å². The molecule has 0 heterocycles. The summed E-state index contributed by atoms with van der Waals surface area (Å²) in [5, 5.41) is 0. The van der Waals surface area contributed by atoms with E-state index in [1.54, 1.807) is 0 Å². The summed E-state index contributed by atoms with van der Waals surface area (Å²) in [5.74, 6) is 1.04. The van der Waals surface area contributed by atoms with Crippen molar-refractivity contribution < 1.29 is 4.74 Å². The van der Waals surface area contributed by atoms with Crippen molar-refractivity contribution >= 4 is 11.4 Å². The summed E-state index contributed by atoms with van der Waals surface area (Å²) in [4.78, 5) is 4.74. The van der Waals surface area contributed by atoms with Crippen LogP contribution in [0.2, 0.25) is 0 Å². The van der Waals surface area contributed by atoms with E-state index in [1.165, 1.54) is 11.1 Å². The molecule has 19 heavy (non-hydrogen) atoms. The third kappa shape index (κ3) is 3.57. The first-order valence-electron chi connectivity index (χ1n) is 6.87. The first-order valence-corrected chi connectivity index (χ1v) is 6.87. The third-order valence-electron chi connectivity index (χ3n) is 3.23. The van der Waals surface area contributed by atoms with Gasteiger partial charge in [-0.15, -0.1) is 0 Å². The van der Waals surface area contributed by atoms with Crippen LogP contribution in [0.5, 0.6) is 0 Å². The summed E-state index contributed by atoms with van der Waals surface area (Å²) in [7, 11) is 0. The summed E-state index contributed by atoms with van der Waals surface area (Å²) >= 11 is 0. The van der Waals surface area contributed by atoms with Crippen molar-refractivity contribution in [3.8, 4) is 0 Å². The lowest BCUT2D eigenvalue weighted by atomic mass is 9.97. The van der Waals surface area contributed by atoms with E-state index in [0.29, 0.717) is 0 Å². The molecule has 100 valence electrons. The van der Waals surface area contributed by atoms with E-state index in [9.17, 15) is 0 Å². The lowest BCUT2D eigenvalue weighted by Crippen LogP contribution is -2.09. The summed E-state index contributed by atoms with van der Waals surface area (Å²) in [6, 6.07) is 8.28. The predicted octanol–water partition coefficient (Wildman–Crippen LogP) is 4.73. The van der Waals surface area contributed by atoms with Crippen LogP contribution >= 0.6 is 0 Å². The highest BCUT2D eigenvalue weighted by molar-refractivity contribution is 6.10. The van der Waals surface area contributed by atoms with Gasteiger partial charge in [0.1, 0.15) is 0 Å². The molecule has 0 aromatic heterocycles. The van der Waals surface area contributed by atoms with Crippen molar-refractivity contribution in [3.63, 3.8) is 0 Å². The Morgan fingerprint density at radius 2 is 1.95 bits per heavy atom. The van der Waals surface area contributed by atoms with E-state index in [2.05, 4.69) is 50.3 Å². The van der Waals surface area contributed by atoms with Crippen LogP contribution < -0.4 is 0 Å². The molecule has 0 amide bonds. The number of aliphatic imine (C=N–C) groups is 1. The number of nitrogens with zero attached hydrogens (tertiary/aromatic N) is 1. The quantitative estimate of drug-likeness (QED) is 0.765. The fourth-order valence-electron chi connectivity index (χ4n) is 2.16. The summed E-state index contributed by atoms with van der Waals surface area (Å²) < 4.78 is 5.62. The summed E-state index contributed by atoms with van der Waals surface area (Å²) in [5.41, 5.74) is 4.57. The van der Waals surface area contributed by atoms with Crippen LogP contribution in [0.1, 0.15) is 32.3 Å². The highest BCUT2D eigenvalue weighted by atomic mass is 16.5. The molecule has 0 saturated heterocycles. The Morgan fingerprint density at radius 3 is 2.58 bits per heavy atom. The van der Waals surface area contributed by atoms with Gasteiger partial charge >= 0.3 is 0 Å². The number of ether oxygens (including phenoxy) is 1. The molecule has 0 radical (unpaired) electrons. The van der Waals surface area contributed by atoms with Gasteiger partial charge in [0.2, 0.25) is 0 Å². The molecule has 0 saturated carbocycles. The molecular weight excluding hydrogens is 234 g/mol. The van der Waals surface area contributed by atoms with Crippen molar-refractivity contribution in [2.24, 2.45) is 4.99 Å². The molecule has 1 aromatic rings. The molecule has 2 heteroatoms. The highest BCUT2D eigenvalue weighted by Gasteiger charge is 2.14. The molecule has 0 spiro atoms. The van der Waals surface area contributed by atoms with Crippen molar-refractivity contribution in [3.05, 3.63) is 53.3 Å². The van der Waals surface area contributed by atoms with Gasteiger partial charge in [0.15, 0.2) is 0 Å². The van der Waals surface area contributed by atoms with E-state index in [-0.39, 0.29) is 0 Å². The second-order valence-electron chi connectivity index (χ2n) is 4.69. The number of benzene rings is 1. The first-order chi connectivity index (χ1) is 9.22. The molecule has 0 N–H and O–H groups in total. The molecule has 2 nitrogen and oxygen atoms in total. The van der Waals surface area contributed by atoms with Crippen molar-refractivity contribution in [2.45, 2.75) is 33.6 Å². The van der Waals surface area contributed by atoms with Gasteiger partial charge in [0.05, 0.1) is 23.8 Å². The average molecular weight is 255 g/mol. The van der Waals surface area contributed by atoms with Crippen LogP contribution in [0.25, 0.3) is 0 Å². The van der Waals surface area contributed by atoms with Gasteiger partial charge in [0.25, 0.3) is 0 Å². The Morgan fingerprint density at radius 1 is 1.21 bits per heavy atom. The van der Waals surface area contributed by atoms with Gasteiger partial charge in [-0.3, -0.25) is 0 Å². The Bertz CT molecular complexity index is 521. The number of aryl methyl sites for hydroxylation is 1. The molecule has 0 aliphatic heterocycles. The largest absolute Gasteiger partial charge is 0.498 e. The average Bonchev–Trinajstić information content (AvgIpc) is 2.42. The van der Waals surface area contributed by atoms with E-state index in [4.69, 9.17) is 9.73 Å². The lowest BCUT2D eigenvalue weighted by molar-refractivity contribution is 0.218. The third-order valence-corrected chi connectivity index (χ3v) is 3.23. The zero-order valence-corrected chi connectivity index (χ0v) is 11.9. The van der Waals surface area contributed by atoms with E-state index in [0.717, 1.165) is 36.6 Å². The fourth-order valence-corrected chi connectivity index (χ4v) is 2.16. The number of allylic oxidation sites excluding steroid dienone is 4. The second-order valence-corrected chi connectivity index (χ2v) is 4.69. The molecule has 0 atom stereocenters. The maximum Gasteiger partial charge on any atom is 0.0984 e. The number of rotatable bonds is 3. The molecule has 1 aliphatic carbocycles. The lowest BCUT2D eigenvalue weighted by Gasteiger charge is -2.17. The Hall–Kier alpha value is -1.83. The number of hydrogen-bond acceptors (Lipinski definition) is 2.